The van der Waals surface area contributed by atoms with Crippen LogP contribution in [0.3, 0.4) is 0 Å². The predicted octanol–water partition coefficient (Wildman–Crippen LogP) is 5.05. The number of rotatable bonds is 6. The van der Waals surface area contributed by atoms with Crippen LogP contribution in [0.1, 0.15) is 15.2 Å². The van der Waals surface area contributed by atoms with Gasteiger partial charge in [0.05, 0.1) is 32.6 Å². The van der Waals surface area contributed by atoms with Gasteiger partial charge in [-0.2, -0.15) is 0 Å². The van der Waals surface area contributed by atoms with Crippen molar-refractivity contribution in [3.63, 3.8) is 0 Å². The molecule has 1 heterocycles. The summed E-state index contributed by atoms with van der Waals surface area (Å²) in [6, 6.07) is 10.6. The molecule has 1 aromatic heterocycles. The number of carbonyl (C=O) groups excluding carboxylic acids is 1. The van der Waals surface area contributed by atoms with Crippen LogP contribution in [0.5, 0.6) is 17.2 Å². The molecule has 0 atom stereocenters. The van der Waals surface area contributed by atoms with Crippen molar-refractivity contribution in [3.8, 4) is 28.5 Å². The van der Waals surface area contributed by atoms with Gasteiger partial charge in [-0.15, -0.1) is 11.3 Å². The first kappa shape index (κ1) is 20.0. The minimum Gasteiger partial charge on any atom is -0.496 e. The summed E-state index contributed by atoms with van der Waals surface area (Å²) in [4.78, 5) is 18.4. The van der Waals surface area contributed by atoms with E-state index in [1.165, 1.54) is 32.7 Å². The standard InChI is InChI=1S/C20H19ClN2O4S/c1-11-18(12-5-7-13(21)8-6-12)22-20(28-11)23-19(24)14-9-16(26-3)17(27-4)10-15(14)25-2/h5-10H,1-4H3,(H,22,23,24). The van der Waals surface area contributed by atoms with Gasteiger partial charge in [-0.1, -0.05) is 23.7 Å². The molecule has 0 aliphatic carbocycles. The second-order valence-electron chi connectivity index (χ2n) is 5.79. The lowest BCUT2D eigenvalue weighted by atomic mass is 10.1. The zero-order valence-corrected chi connectivity index (χ0v) is 17.4. The molecule has 146 valence electrons. The molecule has 0 radical (unpaired) electrons. The third-order valence-electron chi connectivity index (χ3n) is 4.09. The molecule has 1 amide bonds. The van der Waals surface area contributed by atoms with E-state index in [1.54, 1.807) is 12.1 Å². The van der Waals surface area contributed by atoms with Crippen molar-refractivity contribution in [1.82, 2.24) is 4.98 Å². The number of hydrogen-bond donors (Lipinski definition) is 1. The molecule has 28 heavy (non-hydrogen) atoms. The van der Waals surface area contributed by atoms with Crippen LogP contribution in [-0.2, 0) is 0 Å². The number of benzene rings is 2. The summed E-state index contributed by atoms with van der Waals surface area (Å²) < 4.78 is 15.9. The van der Waals surface area contributed by atoms with Gasteiger partial charge in [0.15, 0.2) is 16.6 Å². The first-order chi connectivity index (χ1) is 13.5. The molecule has 2 aromatic carbocycles. The normalized spacial score (nSPS) is 10.5. The number of methoxy groups -OCH3 is 3. The van der Waals surface area contributed by atoms with E-state index in [2.05, 4.69) is 10.3 Å². The quantitative estimate of drug-likeness (QED) is 0.606. The van der Waals surface area contributed by atoms with Crippen LogP contribution in [0.15, 0.2) is 36.4 Å². The average molecular weight is 419 g/mol. The van der Waals surface area contributed by atoms with Crippen LogP contribution in [0, 0.1) is 6.92 Å². The van der Waals surface area contributed by atoms with E-state index in [0.717, 1.165) is 16.1 Å². The van der Waals surface area contributed by atoms with Crippen molar-refractivity contribution in [2.45, 2.75) is 6.92 Å². The van der Waals surface area contributed by atoms with Gasteiger partial charge in [0.25, 0.3) is 5.91 Å². The van der Waals surface area contributed by atoms with Crippen LogP contribution >= 0.6 is 22.9 Å². The summed E-state index contributed by atoms with van der Waals surface area (Å²) in [5, 5.41) is 3.98. The number of amides is 1. The molecule has 0 unspecified atom stereocenters. The first-order valence-electron chi connectivity index (χ1n) is 8.31. The van der Waals surface area contributed by atoms with Gasteiger partial charge in [-0.05, 0) is 19.1 Å². The van der Waals surface area contributed by atoms with Gasteiger partial charge in [-0.3, -0.25) is 10.1 Å². The van der Waals surface area contributed by atoms with Gasteiger partial charge < -0.3 is 14.2 Å². The zero-order chi connectivity index (χ0) is 20.3. The van der Waals surface area contributed by atoms with Crippen LogP contribution in [0.25, 0.3) is 11.3 Å². The first-order valence-corrected chi connectivity index (χ1v) is 9.51. The van der Waals surface area contributed by atoms with E-state index in [1.807, 2.05) is 31.2 Å². The summed E-state index contributed by atoms with van der Waals surface area (Å²) in [7, 11) is 4.52. The molecule has 8 heteroatoms. The number of nitrogens with zero attached hydrogens (tertiary/aromatic N) is 1. The van der Waals surface area contributed by atoms with Gasteiger partial charge >= 0.3 is 0 Å². The number of carbonyl (C=O) groups is 1. The van der Waals surface area contributed by atoms with Gasteiger partial charge in [0.2, 0.25) is 0 Å². The van der Waals surface area contributed by atoms with Crippen LogP contribution in [0.4, 0.5) is 5.13 Å². The minimum absolute atomic E-state index is 0.320. The molecule has 0 aliphatic heterocycles. The number of aromatic nitrogens is 1. The molecular formula is C20H19ClN2O4S. The van der Waals surface area contributed by atoms with E-state index in [0.29, 0.717) is 33.0 Å². The fraction of sp³-hybridized carbons (Fsp3) is 0.200. The molecule has 0 aliphatic rings. The fourth-order valence-electron chi connectivity index (χ4n) is 2.70. The minimum atomic E-state index is -0.353. The zero-order valence-electron chi connectivity index (χ0n) is 15.8. The second kappa shape index (κ2) is 8.50. The van der Waals surface area contributed by atoms with Crippen molar-refractivity contribution in [3.05, 3.63) is 51.9 Å². The molecule has 0 fully saturated rings. The number of thiazole rings is 1. The second-order valence-corrected chi connectivity index (χ2v) is 7.43. The van der Waals surface area contributed by atoms with E-state index >= 15 is 0 Å². The predicted molar refractivity (Wildman–Crippen MR) is 111 cm³/mol. The topological polar surface area (TPSA) is 69.7 Å². The van der Waals surface area contributed by atoms with Crippen molar-refractivity contribution in [2.24, 2.45) is 0 Å². The summed E-state index contributed by atoms with van der Waals surface area (Å²) in [6.07, 6.45) is 0. The molecule has 1 N–H and O–H groups in total. The van der Waals surface area contributed by atoms with E-state index in [9.17, 15) is 4.79 Å². The number of ether oxygens (including phenoxy) is 3. The van der Waals surface area contributed by atoms with E-state index in [-0.39, 0.29) is 5.91 Å². The fourth-order valence-corrected chi connectivity index (χ4v) is 3.65. The van der Waals surface area contributed by atoms with Crippen molar-refractivity contribution in [2.75, 3.05) is 26.6 Å². The number of anilines is 1. The van der Waals surface area contributed by atoms with Crippen LogP contribution in [0.2, 0.25) is 5.02 Å². The SMILES string of the molecule is COc1cc(OC)c(C(=O)Nc2nc(-c3ccc(Cl)cc3)c(C)s2)cc1OC. The van der Waals surface area contributed by atoms with Gasteiger partial charge in [-0.25, -0.2) is 4.98 Å². The molecule has 0 spiro atoms. The largest absolute Gasteiger partial charge is 0.496 e. The highest BCUT2D eigenvalue weighted by atomic mass is 35.5. The Hall–Kier alpha value is -2.77. The molecule has 0 saturated carbocycles. The summed E-state index contributed by atoms with van der Waals surface area (Å²) in [5.41, 5.74) is 2.06. The molecular weight excluding hydrogens is 400 g/mol. The lowest BCUT2D eigenvalue weighted by Gasteiger charge is -2.13. The van der Waals surface area contributed by atoms with Crippen molar-refractivity contribution < 1.29 is 19.0 Å². The smallest absolute Gasteiger partial charge is 0.261 e. The van der Waals surface area contributed by atoms with Crippen LogP contribution < -0.4 is 19.5 Å². The highest BCUT2D eigenvalue weighted by molar-refractivity contribution is 7.16. The summed E-state index contributed by atoms with van der Waals surface area (Å²) in [6.45, 7) is 1.95. The highest BCUT2D eigenvalue weighted by Crippen LogP contribution is 2.36. The van der Waals surface area contributed by atoms with Gasteiger partial charge in [0, 0.05) is 27.6 Å². The number of nitrogens with one attached hydrogen (secondary N) is 1. The molecule has 3 rings (SSSR count). The Morgan fingerprint density at radius 1 is 1.00 bits per heavy atom. The number of aryl methyl sites for hydroxylation is 1. The maximum Gasteiger partial charge on any atom is 0.261 e. The lowest BCUT2D eigenvalue weighted by molar-refractivity contribution is 0.102. The highest BCUT2D eigenvalue weighted by Gasteiger charge is 2.19. The Labute approximate surface area is 172 Å². The monoisotopic (exact) mass is 418 g/mol. The van der Waals surface area contributed by atoms with Crippen molar-refractivity contribution in [1.29, 1.82) is 0 Å². The van der Waals surface area contributed by atoms with Crippen molar-refractivity contribution >= 4 is 34.0 Å². The molecule has 6 nitrogen and oxygen atoms in total. The number of halogens is 1. The Morgan fingerprint density at radius 2 is 1.61 bits per heavy atom. The molecule has 3 aromatic rings. The molecule has 0 saturated heterocycles. The lowest BCUT2D eigenvalue weighted by Crippen LogP contribution is -2.13. The number of hydrogen-bond acceptors (Lipinski definition) is 6. The van der Waals surface area contributed by atoms with E-state index in [4.69, 9.17) is 25.8 Å². The Bertz CT molecular complexity index is 1000. The van der Waals surface area contributed by atoms with E-state index < -0.39 is 0 Å². The summed E-state index contributed by atoms with van der Waals surface area (Å²) in [5.74, 6) is 0.937. The Kier molecular flexibility index (Phi) is 6.06. The Balaban J connectivity index is 1.89. The third-order valence-corrected chi connectivity index (χ3v) is 5.22. The summed E-state index contributed by atoms with van der Waals surface area (Å²) >= 11 is 7.34. The van der Waals surface area contributed by atoms with Crippen LogP contribution in [-0.4, -0.2) is 32.2 Å². The Morgan fingerprint density at radius 3 is 2.21 bits per heavy atom. The maximum atomic E-state index is 12.8. The van der Waals surface area contributed by atoms with Gasteiger partial charge in [0.1, 0.15) is 5.75 Å². The third kappa shape index (κ3) is 4.05. The maximum absolute atomic E-state index is 12.8. The average Bonchev–Trinajstić information content (AvgIpc) is 3.07. The molecule has 0 bridgehead atoms.